The molecule has 0 saturated carbocycles. The van der Waals surface area contributed by atoms with Crippen LogP contribution in [0, 0.1) is 6.92 Å². The molecule has 0 aliphatic heterocycles. The average molecular weight is 541 g/mol. The Morgan fingerprint density at radius 3 is 2.64 bits per heavy atom. The molecule has 0 fully saturated rings. The van der Waals surface area contributed by atoms with Crippen molar-refractivity contribution in [2.75, 3.05) is 6.61 Å². The van der Waals surface area contributed by atoms with Crippen molar-refractivity contribution in [3.05, 3.63) is 101 Å². The second-order valence-corrected chi connectivity index (χ2v) is 8.74. The second-order valence-electron chi connectivity index (χ2n) is 8.74. The highest BCUT2D eigenvalue weighted by Crippen LogP contribution is 2.29. The molecule has 11 heteroatoms. The summed E-state index contributed by atoms with van der Waals surface area (Å²) in [7, 11) is 0. The van der Waals surface area contributed by atoms with Crippen LogP contribution in [0.2, 0.25) is 0 Å². The van der Waals surface area contributed by atoms with Crippen LogP contribution in [-0.4, -0.2) is 27.0 Å². The highest BCUT2D eigenvalue weighted by Gasteiger charge is 2.29. The molecule has 0 saturated heterocycles. The molecule has 0 aliphatic carbocycles. The Morgan fingerprint density at radius 1 is 1.13 bits per heavy atom. The Bertz CT molecular complexity index is 1430. The van der Waals surface area contributed by atoms with Gasteiger partial charge >= 0.3 is 6.18 Å². The number of benzene rings is 2. The minimum absolute atomic E-state index is 0.0860. The maximum atomic E-state index is 12.7. The third-order valence-corrected chi connectivity index (χ3v) is 5.79. The Balaban J connectivity index is 1.23. The Hall–Kier alpha value is -4.38. The Kier molecular flexibility index (Phi) is 8.82. The van der Waals surface area contributed by atoms with E-state index in [1.54, 1.807) is 24.5 Å². The number of oxazole rings is 1. The van der Waals surface area contributed by atoms with E-state index in [1.165, 1.54) is 18.4 Å². The van der Waals surface area contributed by atoms with Gasteiger partial charge in [0.05, 0.1) is 25.2 Å². The molecule has 2 aromatic heterocycles. The maximum Gasteiger partial charge on any atom is 0.416 e. The van der Waals surface area contributed by atoms with Gasteiger partial charge in [0.15, 0.2) is 0 Å². The zero-order chi connectivity index (χ0) is 27.8. The van der Waals surface area contributed by atoms with E-state index in [9.17, 15) is 18.0 Å². The first-order valence-electron chi connectivity index (χ1n) is 12.1. The molecule has 39 heavy (non-hydrogen) atoms. The van der Waals surface area contributed by atoms with Crippen molar-refractivity contribution in [1.82, 2.24) is 14.5 Å². The number of nitrogens with two attached hydrogens (primary N) is 1. The number of ether oxygens (including phenoxy) is 2. The summed E-state index contributed by atoms with van der Waals surface area (Å²) < 4.78 is 56.9. The van der Waals surface area contributed by atoms with Crippen LogP contribution in [0.1, 0.15) is 39.7 Å². The molecule has 2 N–H and O–H groups in total. The van der Waals surface area contributed by atoms with E-state index in [2.05, 4.69) is 9.97 Å². The lowest BCUT2D eigenvalue weighted by atomic mass is 10.1. The van der Waals surface area contributed by atoms with Crippen LogP contribution in [0.3, 0.4) is 0 Å². The Morgan fingerprint density at radius 2 is 1.92 bits per heavy atom. The van der Waals surface area contributed by atoms with Crippen molar-refractivity contribution in [3.63, 3.8) is 0 Å². The summed E-state index contributed by atoms with van der Waals surface area (Å²) >= 11 is 0. The van der Waals surface area contributed by atoms with Crippen molar-refractivity contribution in [1.29, 1.82) is 0 Å². The first-order valence-corrected chi connectivity index (χ1v) is 12.1. The van der Waals surface area contributed by atoms with Gasteiger partial charge in [-0.2, -0.15) is 13.2 Å². The number of hydrogen-bond donors (Lipinski definition) is 1. The molecule has 4 rings (SSSR count). The van der Waals surface area contributed by atoms with E-state index in [0.717, 1.165) is 23.3 Å². The summed E-state index contributed by atoms with van der Waals surface area (Å²) in [5, 5.41) is 0. The number of aromatic nitrogens is 3. The maximum absolute atomic E-state index is 12.7. The number of hydrogen-bond acceptors (Lipinski definition) is 6. The molecule has 2 heterocycles. The van der Waals surface area contributed by atoms with Gasteiger partial charge in [-0.25, -0.2) is 9.97 Å². The van der Waals surface area contributed by atoms with Crippen molar-refractivity contribution < 1.29 is 31.9 Å². The van der Waals surface area contributed by atoms with Gasteiger partial charge < -0.3 is 24.2 Å². The molecule has 4 aromatic rings. The summed E-state index contributed by atoms with van der Waals surface area (Å²) in [6.07, 6.45) is 3.80. The van der Waals surface area contributed by atoms with Gasteiger partial charge in [-0.1, -0.05) is 18.2 Å². The molecular weight excluding hydrogens is 513 g/mol. The first-order chi connectivity index (χ1) is 18.7. The molecule has 0 unspecified atom stereocenters. The number of carbonyl (C=O) groups excluding carboxylic acids is 1. The smallest absolute Gasteiger partial charge is 0.416 e. The van der Waals surface area contributed by atoms with E-state index in [4.69, 9.17) is 19.6 Å². The number of primary amides is 1. The predicted octanol–water partition coefficient (Wildman–Crippen LogP) is 5.19. The third kappa shape index (κ3) is 8.05. The van der Waals surface area contributed by atoms with Gasteiger partial charge in [-0.3, -0.25) is 4.79 Å². The number of amides is 1. The third-order valence-electron chi connectivity index (χ3n) is 5.79. The fourth-order valence-corrected chi connectivity index (χ4v) is 3.71. The van der Waals surface area contributed by atoms with Crippen molar-refractivity contribution in [3.8, 4) is 5.75 Å². The number of alkyl halides is 3. The lowest BCUT2D eigenvalue weighted by Crippen LogP contribution is -2.18. The summed E-state index contributed by atoms with van der Waals surface area (Å²) in [5.41, 5.74) is 7.73. The fourth-order valence-electron chi connectivity index (χ4n) is 3.71. The number of imidazole rings is 1. The van der Waals surface area contributed by atoms with Gasteiger partial charge in [-0.05, 0) is 54.0 Å². The van der Waals surface area contributed by atoms with Gasteiger partial charge in [0.25, 0.3) is 0 Å². The number of aryl methyl sites for hydroxylation is 1. The van der Waals surface area contributed by atoms with Crippen LogP contribution in [0.4, 0.5) is 13.2 Å². The van der Waals surface area contributed by atoms with Gasteiger partial charge in [0.1, 0.15) is 30.1 Å². The number of rotatable bonds is 12. The summed E-state index contributed by atoms with van der Waals surface area (Å²) in [6.45, 7) is 3.58. The SMILES string of the molecule is Cc1cc(OCc2coc(/C=C/c3ccc(C(F)(F)F)cc3)n2)ccc1COCCn1ccnc1CC(N)=O. The number of halogens is 3. The molecule has 0 radical (unpaired) electrons. The lowest BCUT2D eigenvalue weighted by molar-refractivity contribution is -0.137. The van der Waals surface area contributed by atoms with Crippen molar-refractivity contribution >= 4 is 18.1 Å². The largest absolute Gasteiger partial charge is 0.487 e. The first kappa shape index (κ1) is 27.6. The van der Waals surface area contributed by atoms with Gasteiger partial charge in [-0.15, -0.1) is 0 Å². The average Bonchev–Trinajstić information content (AvgIpc) is 3.53. The van der Waals surface area contributed by atoms with Crippen molar-refractivity contribution in [2.24, 2.45) is 5.73 Å². The van der Waals surface area contributed by atoms with Crippen LogP contribution in [0.15, 0.2) is 65.5 Å². The van der Waals surface area contributed by atoms with Gasteiger partial charge in [0, 0.05) is 25.0 Å². The molecule has 0 atom stereocenters. The summed E-state index contributed by atoms with van der Waals surface area (Å²) in [6, 6.07) is 10.5. The van der Waals surface area contributed by atoms with Crippen LogP contribution in [-0.2, 0) is 41.9 Å². The van der Waals surface area contributed by atoms with Crippen LogP contribution in [0.5, 0.6) is 5.75 Å². The molecule has 204 valence electrons. The second kappa shape index (κ2) is 12.4. The number of nitrogens with zero attached hydrogens (tertiary/aromatic N) is 3. The fraction of sp³-hybridized carbons (Fsp3) is 0.250. The topological polar surface area (TPSA) is 105 Å². The summed E-state index contributed by atoms with van der Waals surface area (Å²) in [5.74, 6) is 1.15. The van der Waals surface area contributed by atoms with Crippen LogP contribution < -0.4 is 10.5 Å². The van der Waals surface area contributed by atoms with Crippen LogP contribution in [0.25, 0.3) is 12.2 Å². The van der Waals surface area contributed by atoms with Crippen molar-refractivity contribution in [2.45, 2.75) is 39.3 Å². The number of carbonyl (C=O) groups is 1. The predicted molar refractivity (Wildman–Crippen MR) is 137 cm³/mol. The molecular formula is C28H27F3N4O4. The summed E-state index contributed by atoms with van der Waals surface area (Å²) in [4.78, 5) is 19.6. The minimum Gasteiger partial charge on any atom is -0.487 e. The van der Waals surface area contributed by atoms with E-state index >= 15 is 0 Å². The molecule has 0 bridgehead atoms. The standard InChI is InChI=1S/C28H27F3N4O4/c1-19-14-24(8-5-21(19)16-37-13-12-35-11-10-33-26(35)15-25(32)36)38-17-23-18-39-27(34-23)9-4-20-2-6-22(7-3-20)28(29,30)31/h2-11,14,18H,12-13,15-17H2,1H3,(H2,32,36)/b9-4+. The zero-order valence-electron chi connectivity index (χ0n) is 21.1. The normalized spacial score (nSPS) is 11.8. The van der Waals surface area contributed by atoms with E-state index in [-0.39, 0.29) is 13.0 Å². The molecule has 8 nitrogen and oxygen atoms in total. The lowest BCUT2D eigenvalue weighted by Gasteiger charge is -2.11. The quantitative estimate of drug-likeness (QED) is 0.248. The molecule has 1 amide bonds. The van der Waals surface area contributed by atoms with E-state index in [1.807, 2.05) is 29.7 Å². The highest BCUT2D eigenvalue weighted by molar-refractivity contribution is 5.75. The van der Waals surface area contributed by atoms with E-state index < -0.39 is 17.6 Å². The van der Waals surface area contributed by atoms with Gasteiger partial charge in [0.2, 0.25) is 11.8 Å². The minimum atomic E-state index is -4.37. The monoisotopic (exact) mass is 540 g/mol. The highest BCUT2D eigenvalue weighted by atomic mass is 19.4. The van der Waals surface area contributed by atoms with Crippen LogP contribution >= 0.6 is 0 Å². The zero-order valence-corrected chi connectivity index (χ0v) is 21.1. The molecule has 0 aliphatic rings. The van der Waals surface area contributed by atoms with E-state index in [0.29, 0.717) is 48.5 Å². The molecule has 0 spiro atoms. The molecule has 2 aromatic carbocycles. The Labute approximate surface area is 222 Å².